The van der Waals surface area contributed by atoms with E-state index in [4.69, 9.17) is 10.5 Å². The third-order valence-corrected chi connectivity index (χ3v) is 4.22. The lowest BCUT2D eigenvalue weighted by molar-refractivity contribution is -0.145. The molecular formula is C19H21NO2. The van der Waals surface area contributed by atoms with Crippen molar-refractivity contribution >= 4 is 5.97 Å². The Hall–Kier alpha value is -2.13. The molecule has 0 fully saturated rings. The molecule has 1 aliphatic rings. The smallest absolute Gasteiger partial charge is 0.313 e. The van der Waals surface area contributed by atoms with Crippen LogP contribution in [0.2, 0.25) is 0 Å². The molecule has 1 aliphatic carbocycles. The van der Waals surface area contributed by atoms with Crippen LogP contribution < -0.4 is 5.73 Å². The van der Waals surface area contributed by atoms with E-state index in [0.717, 1.165) is 28.7 Å². The van der Waals surface area contributed by atoms with Crippen LogP contribution in [0.3, 0.4) is 0 Å². The van der Waals surface area contributed by atoms with Gasteiger partial charge in [-0.1, -0.05) is 48.5 Å². The fourth-order valence-electron chi connectivity index (χ4n) is 3.18. The summed E-state index contributed by atoms with van der Waals surface area (Å²) in [6.07, 6.45) is 1.48. The molecule has 0 aliphatic heterocycles. The Morgan fingerprint density at radius 2 is 1.95 bits per heavy atom. The first kappa shape index (κ1) is 14.8. The van der Waals surface area contributed by atoms with Gasteiger partial charge in [0.25, 0.3) is 0 Å². The number of rotatable bonds is 3. The number of benzene rings is 2. The number of esters is 1. The molecule has 0 spiro atoms. The van der Waals surface area contributed by atoms with E-state index >= 15 is 0 Å². The minimum Gasteiger partial charge on any atom is -0.466 e. The average Bonchev–Trinajstić information content (AvgIpc) is 2.54. The van der Waals surface area contributed by atoms with E-state index in [2.05, 4.69) is 30.3 Å². The summed E-state index contributed by atoms with van der Waals surface area (Å²) in [6, 6.07) is 16.5. The van der Waals surface area contributed by atoms with Gasteiger partial charge < -0.3 is 10.5 Å². The van der Waals surface area contributed by atoms with Gasteiger partial charge in [0.05, 0.1) is 12.5 Å². The lowest BCUT2D eigenvalue weighted by Gasteiger charge is -2.28. The molecule has 3 rings (SSSR count). The predicted molar refractivity (Wildman–Crippen MR) is 87.5 cm³/mol. The fraction of sp³-hybridized carbons (Fsp3) is 0.316. The highest BCUT2D eigenvalue weighted by molar-refractivity contribution is 5.80. The van der Waals surface area contributed by atoms with Gasteiger partial charge in [0.2, 0.25) is 0 Å². The van der Waals surface area contributed by atoms with Gasteiger partial charge in [-0.05, 0) is 42.0 Å². The summed E-state index contributed by atoms with van der Waals surface area (Å²) in [4.78, 5) is 12.3. The third kappa shape index (κ3) is 2.90. The van der Waals surface area contributed by atoms with Gasteiger partial charge in [-0.25, -0.2) is 0 Å². The third-order valence-electron chi connectivity index (χ3n) is 4.22. The van der Waals surface area contributed by atoms with Crippen LogP contribution in [-0.4, -0.2) is 18.6 Å². The van der Waals surface area contributed by atoms with Crippen molar-refractivity contribution < 1.29 is 9.53 Å². The maximum Gasteiger partial charge on any atom is 0.313 e. The Kier molecular flexibility index (Phi) is 4.25. The zero-order valence-electron chi connectivity index (χ0n) is 12.8. The van der Waals surface area contributed by atoms with E-state index in [0.29, 0.717) is 13.0 Å². The quantitative estimate of drug-likeness (QED) is 0.884. The van der Waals surface area contributed by atoms with Gasteiger partial charge in [0.1, 0.15) is 0 Å². The lowest BCUT2D eigenvalue weighted by Crippen LogP contribution is -2.34. The second-order valence-electron chi connectivity index (χ2n) is 5.78. The van der Waals surface area contributed by atoms with Crippen LogP contribution in [0.1, 0.15) is 30.4 Å². The van der Waals surface area contributed by atoms with Crippen LogP contribution >= 0.6 is 0 Å². The number of carbonyl (C=O) groups is 1. The summed E-state index contributed by atoms with van der Waals surface area (Å²) < 4.78 is 5.24. The molecule has 0 aromatic heterocycles. The van der Waals surface area contributed by atoms with E-state index in [9.17, 15) is 4.79 Å². The van der Waals surface area contributed by atoms with Crippen molar-refractivity contribution in [2.24, 2.45) is 5.73 Å². The van der Waals surface area contributed by atoms with Gasteiger partial charge in [-0.15, -0.1) is 0 Å². The molecule has 0 saturated carbocycles. The summed E-state index contributed by atoms with van der Waals surface area (Å²) >= 11 is 0. The summed E-state index contributed by atoms with van der Waals surface area (Å²) in [7, 11) is 0. The molecule has 0 amide bonds. The Labute approximate surface area is 131 Å². The van der Waals surface area contributed by atoms with Crippen molar-refractivity contribution in [3.05, 3.63) is 59.7 Å². The standard InChI is InChI=1S/C19H21NO2/c1-2-22-19(21)18-12-16(20)10-15-9-8-14(11-17(15)18)13-6-4-3-5-7-13/h3-9,11,16,18H,2,10,12,20H2,1H3/t16-,18+/m0/s1. The maximum atomic E-state index is 12.3. The molecule has 114 valence electrons. The number of nitrogens with two attached hydrogens (primary N) is 1. The first-order valence-corrected chi connectivity index (χ1v) is 7.79. The number of hydrogen-bond donors (Lipinski definition) is 1. The van der Waals surface area contributed by atoms with E-state index in [-0.39, 0.29) is 17.9 Å². The summed E-state index contributed by atoms with van der Waals surface area (Å²) in [5.41, 5.74) is 10.6. The summed E-state index contributed by atoms with van der Waals surface area (Å²) in [6.45, 7) is 2.24. The van der Waals surface area contributed by atoms with Crippen molar-refractivity contribution in [1.82, 2.24) is 0 Å². The molecular weight excluding hydrogens is 274 g/mol. The van der Waals surface area contributed by atoms with E-state index in [1.165, 1.54) is 0 Å². The highest BCUT2D eigenvalue weighted by atomic mass is 16.5. The SMILES string of the molecule is CCOC(=O)[C@@H]1C[C@@H](N)Cc2ccc(-c3ccccc3)cc21. The highest BCUT2D eigenvalue weighted by Gasteiger charge is 2.31. The van der Waals surface area contributed by atoms with Crippen LogP contribution in [0.15, 0.2) is 48.5 Å². The average molecular weight is 295 g/mol. The van der Waals surface area contributed by atoms with Crippen molar-refractivity contribution in [2.45, 2.75) is 31.7 Å². The normalized spacial score (nSPS) is 20.3. The summed E-state index contributed by atoms with van der Waals surface area (Å²) in [5.74, 6) is -0.411. The molecule has 0 saturated heterocycles. The van der Waals surface area contributed by atoms with E-state index < -0.39 is 0 Å². The molecule has 22 heavy (non-hydrogen) atoms. The Balaban J connectivity index is 2.01. The second kappa shape index (κ2) is 6.32. The van der Waals surface area contributed by atoms with Crippen LogP contribution in [0.4, 0.5) is 0 Å². The highest BCUT2D eigenvalue weighted by Crippen LogP contribution is 2.35. The van der Waals surface area contributed by atoms with Crippen LogP contribution in [-0.2, 0) is 16.0 Å². The summed E-state index contributed by atoms with van der Waals surface area (Å²) in [5, 5.41) is 0. The zero-order chi connectivity index (χ0) is 15.5. The Bertz CT molecular complexity index is 666. The number of hydrogen-bond acceptors (Lipinski definition) is 3. The Morgan fingerprint density at radius 1 is 1.18 bits per heavy atom. The molecule has 3 heteroatoms. The number of ether oxygens (including phenoxy) is 1. The molecule has 3 nitrogen and oxygen atoms in total. The first-order valence-electron chi connectivity index (χ1n) is 7.79. The maximum absolute atomic E-state index is 12.3. The van der Waals surface area contributed by atoms with Crippen molar-refractivity contribution in [1.29, 1.82) is 0 Å². The van der Waals surface area contributed by atoms with Crippen LogP contribution in [0.25, 0.3) is 11.1 Å². The first-order chi connectivity index (χ1) is 10.7. The van der Waals surface area contributed by atoms with Gasteiger partial charge >= 0.3 is 5.97 Å². The lowest BCUT2D eigenvalue weighted by atomic mass is 9.79. The van der Waals surface area contributed by atoms with Crippen LogP contribution in [0, 0.1) is 0 Å². The molecule has 2 N–H and O–H groups in total. The molecule has 2 atom stereocenters. The zero-order valence-corrected chi connectivity index (χ0v) is 12.8. The number of carbonyl (C=O) groups excluding carboxylic acids is 1. The van der Waals surface area contributed by atoms with Gasteiger partial charge in [-0.2, -0.15) is 0 Å². The molecule has 0 bridgehead atoms. The van der Waals surface area contributed by atoms with Gasteiger partial charge in [0, 0.05) is 6.04 Å². The minimum atomic E-state index is -0.248. The van der Waals surface area contributed by atoms with Crippen molar-refractivity contribution in [3.8, 4) is 11.1 Å². The van der Waals surface area contributed by atoms with Gasteiger partial charge in [0.15, 0.2) is 0 Å². The van der Waals surface area contributed by atoms with Crippen molar-refractivity contribution in [2.75, 3.05) is 6.61 Å². The molecule has 2 aromatic carbocycles. The molecule has 2 aromatic rings. The Morgan fingerprint density at radius 3 is 2.68 bits per heavy atom. The fourth-order valence-corrected chi connectivity index (χ4v) is 3.18. The second-order valence-corrected chi connectivity index (χ2v) is 5.78. The topological polar surface area (TPSA) is 52.3 Å². The predicted octanol–water partition coefficient (Wildman–Crippen LogP) is 3.27. The molecule has 0 radical (unpaired) electrons. The van der Waals surface area contributed by atoms with Crippen molar-refractivity contribution in [3.63, 3.8) is 0 Å². The monoisotopic (exact) mass is 295 g/mol. The van der Waals surface area contributed by atoms with E-state index in [1.54, 1.807) is 0 Å². The minimum absolute atomic E-state index is 0.0180. The van der Waals surface area contributed by atoms with E-state index in [1.807, 2.05) is 25.1 Å². The van der Waals surface area contributed by atoms with Crippen LogP contribution in [0.5, 0.6) is 0 Å². The largest absolute Gasteiger partial charge is 0.466 e. The van der Waals surface area contributed by atoms with Gasteiger partial charge in [-0.3, -0.25) is 4.79 Å². The number of fused-ring (bicyclic) bond motifs is 1. The molecule has 0 unspecified atom stereocenters. The molecule has 0 heterocycles.